The Morgan fingerprint density at radius 2 is 1.21 bits per heavy atom. The van der Waals surface area contributed by atoms with Gasteiger partial charge in [-0.3, -0.25) is 0 Å². The molecule has 0 aromatic heterocycles. The number of allylic oxidation sites excluding steroid dienone is 1. The largest absolute Gasteiger partial charge is 0.0984 e. The molecule has 4 aromatic carbocycles. The Balaban J connectivity index is 1.78. The lowest BCUT2D eigenvalue weighted by Gasteiger charge is -2.34. The number of hydrogen-bond acceptors (Lipinski definition) is 0. The summed E-state index contributed by atoms with van der Waals surface area (Å²) in [7, 11) is 0. The molecule has 1 saturated carbocycles. The minimum Gasteiger partial charge on any atom is -0.0984 e. The molecule has 38 heavy (non-hydrogen) atoms. The van der Waals surface area contributed by atoms with E-state index in [0.717, 1.165) is 11.1 Å². The van der Waals surface area contributed by atoms with Crippen LogP contribution in [0.5, 0.6) is 0 Å². The van der Waals surface area contributed by atoms with Crippen molar-refractivity contribution in [1.82, 2.24) is 0 Å². The first-order chi connectivity index (χ1) is 18.5. The summed E-state index contributed by atoms with van der Waals surface area (Å²) in [6, 6.07) is 19.0. The molecule has 190 valence electrons. The van der Waals surface area contributed by atoms with E-state index in [0.29, 0.717) is 0 Å². The summed E-state index contributed by atoms with van der Waals surface area (Å²) >= 11 is 0. The van der Waals surface area contributed by atoms with Crippen LogP contribution in [-0.4, -0.2) is 0 Å². The normalized spacial score (nSPS) is 15.9. The fourth-order valence-electron chi connectivity index (χ4n) is 7.36. The van der Waals surface area contributed by atoms with E-state index in [4.69, 9.17) is 0 Å². The maximum absolute atomic E-state index is 4.13. The Morgan fingerprint density at radius 1 is 0.632 bits per heavy atom. The molecule has 2 aliphatic rings. The lowest BCUT2D eigenvalue weighted by molar-refractivity contribution is 0.373. The monoisotopic (exact) mass is 494 g/mol. The molecule has 0 unspecified atom stereocenters. The second-order valence-electron chi connectivity index (χ2n) is 11.5. The zero-order valence-corrected chi connectivity index (χ0v) is 23.0. The minimum absolute atomic E-state index is 0.0900. The maximum atomic E-state index is 4.13. The van der Waals surface area contributed by atoms with Crippen molar-refractivity contribution in [3.8, 4) is 11.1 Å². The van der Waals surface area contributed by atoms with E-state index in [9.17, 15) is 0 Å². The van der Waals surface area contributed by atoms with Gasteiger partial charge in [0, 0.05) is 5.41 Å². The van der Waals surface area contributed by atoms with Crippen molar-refractivity contribution in [3.63, 3.8) is 0 Å². The van der Waals surface area contributed by atoms with Crippen LogP contribution in [0.1, 0.15) is 92.2 Å². The van der Waals surface area contributed by atoms with E-state index in [2.05, 4.69) is 88.2 Å². The highest BCUT2D eigenvalue weighted by Crippen LogP contribution is 2.58. The molecule has 0 bridgehead atoms. The Labute approximate surface area is 228 Å². The van der Waals surface area contributed by atoms with Crippen molar-refractivity contribution in [2.45, 2.75) is 64.2 Å². The zero-order valence-electron chi connectivity index (χ0n) is 23.0. The second kappa shape index (κ2) is 9.59. The molecule has 0 aliphatic heterocycles. The van der Waals surface area contributed by atoms with Crippen molar-refractivity contribution >= 4 is 45.8 Å². The molecule has 1 fully saturated rings. The SMILES string of the molecule is C=Cc1cc2ccc3c(c2cc1C=C)-c1c(ccc2c(C=C(C)C)c(C=C)ccc12)C31CCCCCCC1. The maximum Gasteiger partial charge on any atom is 0.0215 e. The van der Waals surface area contributed by atoms with E-state index >= 15 is 0 Å². The summed E-state index contributed by atoms with van der Waals surface area (Å²) in [5.74, 6) is 0. The Kier molecular flexibility index (Phi) is 6.23. The predicted molar refractivity (Wildman–Crippen MR) is 170 cm³/mol. The van der Waals surface area contributed by atoms with Crippen LogP contribution in [0.15, 0.2) is 73.8 Å². The highest BCUT2D eigenvalue weighted by atomic mass is 14.5. The molecule has 4 aromatic rings. The van der Waals surface area contributed by atoms with E-state index in [1.54, 1.807) is 0 Å². The van der Waals surface area contributed by atoms with Crippen molar-refractivity contribution in [3.05, 3.63) is 107 Å². The van der Waals surface area contributed by atoms with Crippen molar-refractivity contribution in [2.75, 3.05) is 0 Å². The fraction of sp³-hybridized carbons (Fsp3) is 0.263. The van der Waals surface area contributed by atoms with Gasteiger partial charge < -0.3 is 0 Å². The number of fused-ring (bicyclic) bond motifs is 9. The fourth-order valence-corrected chi connectivity index (χ4v) is 7.36. The van der Waals surface area contributed by atoms with Gasteiger partial charge in [0.25, 0.3) is 0 Å². The Hall–Kier alpha value is -3.64. The van der Waals surface area contributed by atoms with Gasteiger partial charge in [0.1, 0.15) is 0 Å². The quantitative estimate of drug-likeness (QED) is 0.265. The zero-order chi connectivity index (χ0) is 26.4. The van der Waals surface area contributed by atoms with Crippen molar-refractivity contribution in [1.29, 1.82) is 0 Å². The van der Waals surface area contributed by atoms with Gasteiger partial charge in [0.15, 0.2) is 0 Å². The van der Waals surface area contributed by atoms with Crippen LogP contribution in [0, 0.1) is 0 Å². The molecule has 0 radical (unpaired) electrons. The van der Waals surface area contributed by atoms with Crippen LogP contribution in [0.25, 0.3) is 57.0 Å². The topological polar surface area (TPSA) is 0 Å². The highest BCUT2D eigenvalue weighted by molar-refractivity contribution is 6.13. The smallest absolute Gasteiger partial charge is 0.0215 e. The molecule has 0 N–H and O–H groups in total. The minimum atomic E-state index is 0.0900. The lowest BCUT2D eigenvalue weighted by Crippen LogP contribution is -2.26. The second-order valence-corrected chi connectivity index (χ2v) is 11.5. The average molecular weight is 495 g/mol. The number of rotatable bonds is 4. The standard InChI is InChI=1S/C38H38/c1-6-26-14-16-31-30(32(26)22-25(4)5)17-19-35-36(31)37-33-24-28(8-3)27(7-2)23-29(33)15-18-34(37)38(35)20-12-10-9-11-13-21-38/h6-8,14-19,22-24H,1-3,9-13,20-21H2,4-5H3. The number of hydrogen-bond donors (Lipinski definition) is 0. The molecular weight excluding hydrogens is 456 g/mol. The molecule has 0 atom stereocenters. The van der Waals surface area contributed by atoms with Crippen LogP contribution in [0.4, 0.5) is 0 Å². The van der Waals surface area contributed by atoms with Gasteiger partial charge in [-0.1, -0.05) is 118 Å². The third-order valence-electron chi connectivity index (χ3n) is 9.08. The number of benzene rings is 4. The van der Waals surface area contributed by atoms with Gasteiger partial charge >= 0.3 is 0 Å². The summed E-state index contributed by atoms with van der Waals surface area (Å²) in [6.07, 6.45) is 17.3. The summed E-state index contributed by atoms with van der Waals surface area (Å²) < 4.78 is 0. The summed E-state index contributed by atoms with van der Waals surface area (Å²) in [6.45, 7) is 16.7. The van der Waals surface area contributed by atoms with Crippen LogP contribution in [0.3, 0.4) is 0 Å². The molecular formula is C38H38. The van der Waals surface area contributed by atoms with E-state index in [1.807, 2.05) is 18.2 Å². The lowest BCUT2D eigenvalue weighted by atomic mass is 9.69. The summed E-state index contributed by atoms with van der Waals surface area (Å²) in [5, 5.41) is 5.30. The molecule has 0 nitrogen and oxygen atoms in total. The van der Waals surface area contributed by atoms with Crippen LogP contribution in [-0.2, 0) is 5.41 Å². The molecule has 2 aliphatic carbocycles. The summed E-state index contributed by atoms with van der Waals surface area (Å²) in [5.41, 5.74) is 12.1. The first kappa shape index (κ1) is 24.7. The van der Waals surface area contributed by atoms with Crippen molar-refractivity contribution < 1.29 is 0 Å². The van der Waals surface area contributed by atoms with Crippen LogP contribution < -0.4 is 0 Å². The van der Waals surface area contributed by atoms with E-state index < -0.39 is 0 Å². The third-order valence-corrected chi connectivity index (χ3v) is 9.08. The van der Waals surface area contributed by atoms with Gasteiger partial charge in [-0.2, -0.15) is 0 Å². The molecule has 0 heterocycles. The summed E-state index contributed by atoms with van der Waals surface area (Å²) in [4.78, 5) is 0. The first-order valence-electron chi connectivity index (χ1n) is 14.3. The van der Waals surface area contributed by atoms with Crippen LogP contribution in [0.2, 0.25) is 0 Å². The van der Waals surface area contributed by atoms with Gasteiger partial charge in [-0.05, 0) is 105 Å². The highest BCUT2D eigenvalue weighted by Gasteiger charge is 2.44. The van der Waals surface area contributed by atoms with E-state index in [1.165, 1.54) is 105 Å². The van der Waals surface area contributed by atoms with Crippen molar-refractivity contribution in [2.24, 2.45) is 0 Å². The van der Waals surface area contributed by atoms with Gasteiger partial charge in [-0.25, -0.2) is 0 Å². The molecule has 0 saturated heterocycles. The third kappa shape index (κ3) is 3.65. The molecule has 0 heteroatoms. The average Bonchev–Trinajstić information content (AvgIpc) is 3.20. The van der Waals surface area contributed by atoms with Gasteiger partial charge in [0.2, 0.25) is 0 Å². The molecule has 0 amide bonds. The molecule has 6 rings (SSSR count). The van der Waals surface area contributed by atoms with E-state index in [-0.39, 0.29) is 5.41 Å². The Bertz CT molecular complexity index is 1640. The van der Waals surface area contributed by atoms with Gasteiger partial charge in [-0.15, -0.1) is 0 Å². The van der Waals surface area contributed by atoms with Gasteiger partial charge in [0.05, 0.1) is 0 Å². The Morgan fingerprint density at radius 3 is 1.87 bits per heavy atom. The predicted octanol–water partition coefficient (Wildman–Crippen LogP) is 11.4. The first-order valence-corrected chi connectivity index (χ1v) is 14.3. The van der Waals surface area contributed by atoms with Crippen LogP contribution >= 0.6 is 0 Å². The molecule has 1 spiro atoms.